The molecule has 1 aliphatic rings. The van der Waals surface area contributed by atoms with E-state index in [1.54, 1.807) is 47.9 Å². The van der Waals surface area contributed by atoms with Crippen molar-refractivity contribution in [3.8, 4) is 5.75 Å². The van der Waals surface area contributed by atoms with Crippen LogP contribution in [0.1, 0.15) is 26.5 Å². The molecule has 1 aromatic carbocycles. The number of hydrogen-bond donors (Lipinski definition) is 0. The number of carbonyl (C=O) groups is 2. The van der Waals surface area contributed by atoms with E-state index in [1.165, 1.54) is 0 Å². The monoisotopic (exact) mass is 379 g/mol. The fourth-order valence-corrected chi connectivity index (χ4v) is 3.44. The van der Waals surface area contributed by atoms with Crippen molar-refractivity contribution in [2.75, 3.05) is 27.7 Å². The maximum absolute atomic E-state index is 12.9. The van der Waals surface area contributed by atoms with Gasteiger partial charge in [-0.05, 0) is 17.7 Å². The Morgan fingerprint density at radius 1 is 1.29 bits per heavy atom. The van der Waals surface area contributed by atoms with Crippen molar-refractivity contribution in [3.63, 3.8) is 0 Å². The number of benzene rings is 1. The summed E-state index contributed by atoms with van der Waals surface area (Å²) in [5.74, 6) is 0.343. The van der Waals surface area contributed by atoms with Crippen LogP contribution in [0.3, 0.4) is 0 Å². The third kappa shape index (κ3) is 2.96. The Morgan fingerprint density at radius 2 is 2.11 bits per heavy atom. The first-order chi connectivity index (χ1) is 13.5. The second kappa shape index (κ2) is 6.95. The number of hydrogen-bond acceptors (Lipinski definition) is 5. The van der Waals surface area contributed by atoms with E-state index in [9.17, 15) is 9.59 Å². The van der Waals surface area contributed by atoms with Crippen LogP contribution in [0.2, 0.25) is 0 Å². The lowest BCUT2D eigenvalue weighted by Gasteiger charge is -2.22. The number of aromatic nitrogens is 3. The van der Waals surface area contributed by atoms with Crippen LogP contribution in [0.4, 0.5) is 0 Å². The summed E-state index contributed by atoms with van der Waals surface area (Å²) in [5, 5.41) is 5.27. The number of ether oxygens (including phenoxy) is 1. The molecule has 8 heteroatoms. The van der Waals surface area contributed by atoms with E-state index in [0.717, 1.165) is 16.5 Å². The molecule has 0 saturated carbocycles. The van der Waals surface area contributed by atoms with Gasteiger partial charge in [-0.25, -0.2) is 0 Å². The van der Waals surface area contributed by atoms with Crippen LogP contribution in [0.5, 0.6) is 5.75 Å². The van der Waals surface area contributed by atoms with Crippen molar-refractivity contribution < 1.29 is 14.3 Å². The van der Waals surface area contributed by atoms with Crippen LogP contribution < -0.4 is 4.74 Å². The van der Waals surface area contributed by atoms with E-state index < -0.39 is 0 Å². The number of methoxy groups -OCH3 is 1. The Morgan fingerprint density at radius 3 is 2.89 bits per heavy atom. The van der Waals surface area contributed by atoms with Gasteiger partial charge >= 0.3 is 0 Å². The lowest BCUT2D eigenvalue weighted by atomic mass is 10.1. The van der Waals surface area contributed by atoms with Gasteiger partial charge in [0.25, 0.3) is 11.8 Å². The Balaban J connectivity index is 1.60. The number of amides is 2. The zero-order valence-electron chi connectivity index (χ0n) is 16.0. The lowest BCUT2D eigenvalue weighted by molar-refractivity contribution is 0.0738. The number of rotatable bonds is 4. The van der Waals surface area contributed by atoms with E-state index in [-0.39, 0.29) is 17.5 Å². The molecular formula is C20H21N5O3. The van der Waals surface area contributed by atoms with Gasteiger partial charge in [0.05, 0.1) is 13.7 Å². The largest absolute Gasteiger partial charge is 0.494 e. The molecule has 2 amide bonds. The summed E-state index contributed by atoms with van der Waals surface area (Å²) in [5.41, 5.74) is 2.44. The summed E-state index contributed by atoms with van der Waals surface area (Å²) >= 11 is 0. The molecule has 0 radical (unpaired) electrons. The summed E-state index contributed by atoms with van der Waals surface area (Å²) < 4.78 is 6.99. The number of nitrogens with zero attached hydrogens (tertiary/aromatic N) is 5. The predicted octanol–water partition coefficient (Wildman–Crippen LogP) is 1.80. The van der Waals surface area contributed by atoms with E-state index in [0.29, 0.717) is 31.1 Å². The van der Waals surface area contributed by atoms with Gasteiger partial charge in [-0.15, -0.1) is 0 Å². The second-order valence-corrected chi connectivity index (χ2v) is 6.85. The van der Waals surface area contributed by atoms with E-state index in [1.807, 2.05) is 24.3 Å². The molecule has 28 heavy (non-hydrogen) atoms. The minimum Gasteiger partial charge on any atom is -0.494 e. The normalized spacial score (nSPS) is 13.5. The number of fused-ring (bicyclic) bond motifs is 2. The van der Waals surface area contributed by atoms with Crippen LogP contribution in [-0.2, 0) is 13.1 Å². The zero-order valence-corrected chi connectivity index (χ0v) is 16.0. The quantitative estimate of drug-likeness (QED) is 0.691. The van der Waals surface area contributed by atoms with Crippen molar-refractivity contribution in [1.82, 2.24) is 24.6 Å². The Labute approximate surface area is 162 Å². The Hall–Kier alpha value is -3.42. The van der Waals surface area contributed by atoms with E-state index >= 15 is 0 Å². The molecule has 0 saturated heterocycles. The third-order valence-electron chi connectivity index (χ3n) is 5.01. The van der Waals surface area contributed by atoms with Crippen LogP contribution in [0.25, 0.3) is 10.9 Å². The van der Waals surface area contributed by atoms with E-state index in [2.05, 4.69) is 10.1 Å². The lowest BCUT2D eigenvalue weighted by Crippen LogP contribution is -2.37. The van der Waals surface area contributed by atoms with E-state index in [4.69, 9.17) is 4.74 Å². The van der Waals surface area contributed by atoms with Gasteiger partial charge in [0.2, 0.25) is 0 Å². The summed E-state index contributed by atoms with van der Waals surface area (Å²) in [4.78, 5) is 32.8. The van der Waals surface area contributed by atoms with Crippen LogP contribution in [0, 0.1) is 0 Å². The molecule has 4 rings (SSSR count). The Kier molecular flexibility index (Phi) is 4.46. The molecule has 3 aromatic rings. The van der Waals surface area contributed by atoms with Crippen LogP contribution in [0.15, 0.2) is 36.5 Å². The van der Waals surface area contributed by atoms with Crippen molar-refractivity contribution in [2.24, 2.45) is 0 Å². The first kappa shape index (κ1) is 18.0. The van der Waals surface area contributed by atoms with Crippen molar-refractivity contribution >= 4 is 22.7 Å². The maximum Gasteiger partial charge on any atom is 0.274 e. The number of likely N-dealkylation sites (N-methyl/N-ethyl adjacent to an activating group) is 1. The van der Waals surface area contributed by atoms with Gasteiger partial charge in [0.15, 0.2) is 5.69 Å². The number of pyridine rings is 1. The van der Waals surface area contributed by atoms with Gasteiger partial charge in [-0.2, -0.15) is 5.10 Å². The average molecular weight is 379 g/mol. The van der Waals surface area contributed by atoms with Gasteiger partial charge in [-0.3, -0.25) is 19.3 Å². The molecule has 0 atom stereocenters. The molecule has 0 spiro atoms. The molecule has 0 unspecified atom stereocenters. The molecule has 2 aromatic heterocycles. The molecule has 3 heterocycles. The summed E-state index contributed by atoms with van der Waals surface area (Å²) in [6.45, 7) is 1.56. The maximum atomic E-state index is 12.9. The van der Waals surface area contributed by atoms with Gasteiger partial charge in [0, 0.05) is 44.8 Å². The zero-order chi connectivity index (χ0) is 19.8. The summed E-state index contributed by atoms with van der Waals surface area (Å²) in [6, 6.07) is 9.18. The third-order valence-corrected chi connectivity index (χ3v) is 5.01. The SMILES string of the molecule is COc1ccc(CN(C)C(=O)c2cc3n(n2)CCN(C)C3=O)c2cccnc12. The second-order valence-electron chi connectivity index (χ2n) is 6.85. The molecule has 0 bridgehead atoms. The standard InChI is InChI=1S/C20H21N5O3/c1-23-9-10-25-16(20(23)27)11-15(22-25)19(26)24(2)12-13-6-7-17(28-3)18-14(13)5-4-8-21-18/h4-8,11H,9-10,12H2,1-3H3. The summed E-state index contributed by atoms with van der Waals surface area (Å²) in [7, 11) is 5.08. The molecule has 8 nitrogen and oxygen atoms in total. The molecular weight excluding hydrogens is 358 g/mol. The molecule has 0 aliphatic carbocycles. The smallest absolute Gasteiger partial charge is 0.274 e. The Bertz CT molecular complexity index is 1070. The summed E-state index contributed by atoms with van der Waals surface area (Å²) in [6.07, 6.45) is 1.72. The highest BCUT2D eigenvalue weighted by Gasteiger charge is 2.27. The fraction of sp³-hybridized carbons (Fsp3) is 0.300. The van der Waals surface area contributed by atoms with Crippen molar-refractivity contribution in [3.05, 3.63) is 53.5 Å². The predicted molar refractivity (Wildman–Crippen MR) is 103 cm³/mol. The molecule has 0 fully saturated rings. The number of carbonyl (C=O) groups excluding carboxylic acids is 2. The molecule has 144 valence electrons. The molecule has 0 N–H and O–H groups in total. The van der Waals surface area contributed by atoms with Crippen LogP contribution in [-0.4, -0.2) is 64.1 Å². The highest BCUT2D eigenvalue weighted by atomic mass is 16.5. The highest BCUT2D eigenvalue weighted by molar-refractivity contribution is 5.98. The minimum atomic E-state index is -0.231. The van der Waals surface area contributed by atoms with Gasteiger partial charge in [0.1, 0.15) is 17.0 Å². The first-order valence-corrected chi connectivity index (χ1v) is 8.99. The molecule has 1 aliphatic heterocycles. The van der Waals surface area contributed by atoms with Crippen molar-refractivity contribution in [2.45, 2.75) is 13.1 Å². The van der Waals surface area contributed by atoms with Gasteiger partial charge in [-0.1, -0.05) is 12.1 Å². The first-order valence-electron chi connectivity index (χ1n) is 8.99. The van der Waals surface area contributed by atoms with Crippen molar-refractivity contribution in [1.29, 1.82) is 0 Å². The van der Waals surface area contributed by atoms with Crippen LogP contribution >= 0.6 is 0 Å². The topological polar surface area (TPSA) is 80.6 Å². The van der Waals surface area contributed by atoms with Gasteiger partial charge < -0.3 is 14.5 Å². The minimum absolute atomic E-state index is 0.118. The average Bonchev–Trinajstić information content (AvgIpc) is 3.15. The highest BCUT2D eigenvalue weighted by Crippen LogP contribution is 2.27. The fourth-order valence-electron chi connectivity index (χ4n) is 3.44.